The van der Waals surface area contributed by atoms with Gasteiger partial charge < -0.3 is 15.0 Å². The van der Waals surface area contributed by atoms with E-state index in [0.29, 0.717) is 19.7 Å². The molecule has 2 aromatic carbocycles. The predicted molar refractivity (Wildman–Crippen MR) is 103 cm³/mol. The van der Waals surface area contributed by atoms with Gasteiger partial charge in [0.15, 0.2) is 0 Å². The Morgan fingerprint density at radius 3 is 2.65 bits per heavy atom. The smallest absolute Gasteiger partial charge is 0.414 e. The second-order valence-corrected chi connectivity index (χ2v) is 6.09. The molecule has 0 aliphatic carbocycles. The monoisotopic (exact) mass is 353 g/mol. The minimum Gasteiger partial charge on any atom is -0.447 e. The van der Waals surface area contributed by atoms with Crippen LogP contribution in [-0.2, 0) is 9.53 Å². The predicted octanol–water partition coefficient (Wildman–Crippen LogP) is 3.42. The molecule has 2 aromatic rings. The van der Waals surface area contributed by atoms with Crippen LogP contribution in [0.25, 0.3) is 0 Å². The summed E-state index contributed by atoms with van der Waals surface area (Å²) in [5, 5.41) is 3.16. The minimum absolute atomic E-state index is 0.0126. The van der Waals surface area contributed by atoms with Crippen LogP contribution in [0.4, 0.5) is 21.9 Å². The van der Waals surface area contributed by atoms with Crippen LogP contribution < -0.4 is 15.1 Å². The quantitative estimate of drug-likeness (QED) is 0.864. The summed E-state index contributed by atoms with van der Waals surface area (Å²) < 4.78 is 5.01. The van der Waals surface area contributed by atoms with E-state index < -0.39 is 0 Å². The van der Waals surface area contributed by atoms with Gasteiger partial charge in [0, 0.05) is 17.9 Å². The first kappa shape index (κ1) is 17.8. The molecule has 3 rings (SSSR count). The highest BCUT2D eigenvalue weighted by molar-refractivity contribution is 5.96. The molecule has 1 heterocycles. The largest absolute Gasteiger partial charge is 0.447 e. The van der Waals surface area contributed by atoms with Crippen LogP contribution in [0.2, 0.25) is 0 Å². The summed E-state index contributed by atoms with van der Waals surface area (Å²) in [6.07, 6.45) is -0.331. The zero-order valence-corrected chi connectivity index (χ0v) is 15.1. The van der Waals surface area contributed by atoms with Crippen molar-refractivity contribution in [3.8, 4) is 0 Å². The zero-order chi connectivity index (χ0) is 18.5. The zero-order valence-electron chi connectivity index (χ0n) is 15.1. The third-order valence-corrected chi connectivity index (χ3v) is 4.39. The number of cyclic esters (lactones) is 1. The van der Waals surface area contributed by atoms with Gasteiger partial charge in [-0.25, -0.2) is 4.79 Å². The topological polar surface area (TPSA) is 61.9 Å². The second-order valence-electron chi connectivity index (χ2n) is 6.09. The molecule has 2 amide bonds. The van der Waals surface area contributed by atoms with E-state index in [1.165, 1.54) is 0 Å². The van der Waals surface area contributed by atoms with Gasteiger partial charge in [0.1, 0.15) is 6.61 Å². The number of rotatable bonds is 6. The van der Waals surface area contributed by atoms with E-state index in [2.05, 4.69) is 5.32 Å². The van der Waals surface area contributed by atoms with Crippen LogP contribution in [-0.4, -0.2) is 38.2 Å². The number of nitrogens with zero attached hydrogens (tertiary/aromatic N) is 2. The number of aryl methyl sites for hydroxylation is 1. The fourth-order valence-corrected chi connectivity index (χ4v) is 3.01. The maximum Gasteiger partial charge on any atom is 0.414 e. The van der Waals surface area contributed by atoms with Gasteiger partial charge in [-0.15, -0.1) is 0 Å². The van der Waals surface area contributed by atoms with E-state index in [-0.39, 0.29) is 18.5 Å². The van der Waals surface area contributed by atoms with Crippen molar-refractivity contribution >= 4 is 29.1 Å². The number of para-hydroxylation sites is 1. The molecule has 1 N–H and O–H groups in total. The molecule has 1 fully saturated rings. The third-order valence-electron chi connectivity index (χ3n) is 4.39. The first-order valence-electron chi connectivity index (χ1n) is 8.74. The number of anilines is 3. The van der Waals surface area contributed by atoms with E-state index in [1.54, 1.807) is 9.80 Å². The number of likely N-dealkylation sites (N-methyl/N-ethyl adjacent to an activating group) is 1. The standard InChI is InChI=1S/C20H23N3O3/c1-3-22(17-7-5-4-6-8-17)19(24)14-21-16-10-9-15(2)18(13-16)23-11-12-26-20(23)25/h4-10,13,21H,3,11-12,14H2,1-2H3. The van der Waals surface area contributed by atoms with Crippen LogP contribution in [0.3, 0.4) is 0 Å². The van der Waals surface area contributed by atoms with Gasteiger partial charge >= 0.3 is 6.09 Å². The van der Waals surface area contributed by atoms with Gasteiger partial charge in [-0.1, -0.05) is 24.3 Å². The van der Waals surface area contributed by atoms with Gasteiger partial charge in [-0.2, -0.15) is 0 Å². The molecule has 0 atom stereocenters. The van der Waals surface area contributed by atoms with Crippen molar-refractivity contribution in [2.45, 2.75) is 13.8 Å². The lowest BCUT2D eigenvalue weighted by Gasteiger charge is -2.22. The number of hydrogen-bond donors (Lipinski definition) is 1. The highest BCUT2D eigenvalue weighted by Gasteiger charge is 2.25. The average Bonchev–Trinajstić information content (AvgIpc) is 3.08. The Hall–Kier alpha value is -3.02. The van der Waals surface area contributed by atoms with Gasteiger partial charge in [-0.05, 0) is 43.7 Å². The van der Waals surface area contributed by atoms with Crippen molar-refractivity contribution in [3.63, 3.8) is 0 Å². The Balaban J connectivity index is 1.69. The number of carbonyl (C=O) groups excluding carboxylic acids is 2. The molecule has 6 heteroatoms. The highest BCUT2D eigenvalue weighted by Crippen LogP contribution is 2.26. The summed E-state index contributed by atoms with van der Waals surface area (Å²) in [6, 6.07) is 15.3. The summed E-state index contributed by atoms with van der Waals surface area (Å²) in [7, 11) is 0. The molecular formula is C20H23N3O3. The number of benzene rings is 2. The third kappa shape index (κ3) is 3.79. The van der Waals surface area contributed by atoms with Gasteiger partial charge in [-0.3, -0.25) is 9.69 Å². The molecular weight excluding hydrogens is 330 g/mol. The fourth-order valence-electron chi connectivity index (χ4n) is 3.01. The molecule has 0 saturated carbocycles. The van der Waals surface area contributed by atoms with Crippen LogP contribution >= 0.6 is 0 Å². The molecule has 0 aromatic heterocycles. The fraction of sp³-hybridized carbons (Fsp3) is 0.300. The molecule has 0 unspecified atom stereocenters. The highest BCUT2D eigenvalue weighted by atomic mass is 16.6. The molecule has 136 valence electrons. The minimum atomic E-state index is -0.331. The van der Waals surface area contributed by atoms with Gasteiger partial charge in [0.25, 0.3) is 0 Å². The molecule has 1 saturated heterocycles. The Morgan fingerprint density at radius 1 is 1.23 bits per heavy atom. The molecule has 1 aliphatic rings. The summed E-state index contributed by atoms with van der Waals surface area (Å²) >= 11 is 0. The Bertz CT molecular complexity index is 792. The molecule has 0 radical (unpaired) electrons. The van der Waals surface area contributed by atoms with Crippen molar-refractivity contribution in [1.29, 1.82) is 0 Å². The maximum atomic E-state index is 12.6. The summed E-state index contributed by atoms with van der Waals surface area (Å²) in [6.45, 7) is 5.62. The Kier molecular flexibility index (Phi) is 5.41. The second kappa shape index (κ2) is 7.91. The van der Waals surface area contributed by atoms with E-state index in [9.17, 15) is 9.59 Å². The van der Waals surface area contributed by atoms with E-state index in [0.717, 1.165) is 22.6 Å². The van der Waals surface area contributed by atoms with Crippen molar-refractivity contribution in [1.82, 2.24) is 0 Å². The summed E-state index contributed by atoms with van der Waals surface area (Å²) in [5.41, 5.74) is 3.47. The Morgan fingerprint density at radius 2 is 2.00 bits per heavy atom. The van der Waals surface area contributed by atoms with Crippen molar-refractivity contribution < 1.29 is 14.3 Å². The molecule has 6 nitrogen and oxygen atoms in total. The lowest BCUT2D eigenvalue weighted by molar-refractivity contribution is -0.116. The maximum absolute atomic E-state index is 12.6. The normalized spacial score (nSPS) is 13.5. The molecule has 0 spiro atoms. The van der Waals surface area contributed by atoms with E-state index >= 15 is 0 Å². The van der Waals surface area contributed by atoms with Crippen LogP contribution in [0.5, 0.6) is 0 Å². The number of amides is 2. The number of ether oxygens (including phenoxy) is 1. The van der Waals surface area contributed by atoms with Crippen LogP contribution in [0.1, 0.15) is 12.5 Å². The van der Waals surface area contributed by atoms with Gasteiger partial charge in [0.2, 0.25) is 5.91 Å². The van der Waals surface area contributed by atoms with Crippen LogP contribution in [0, 0.1) is 6.92 Å². The first-order valence-corrected chi connectivity index (χ1v) is 8.74. The SMILES string of the molecule is CCN(C(=O)CNc1ccc(C)c(N2CCOC2=O)c1)c1ccccc1. The number of hydrogen-bond acceptors (Lipinski definition) is 4. The molecule has 1 aliphatic heterocycles. The number of carbonyl (C=O) groups is 2. The van der Waals surface area contributed by atoms with Crippen LogP contribution in [0.15, 0.2) is 48.5 Å². The lowest BCUT2D eigenvalue weighted by Crippen LogP contribution is -2.35. The lowest BCUT2D eigenvalue weighted by atomic mass is 10.1. The van der Waals surface area contributed by atoms with Gasteiger partial charge in [0.05, 0.1) is 18.8 Å². The molecule has 26 heavy (non-hydrogen) atoms. The number of nitrogens with one attached hydrogen (secondary N) is 1. The summed E-state index contributed by atoms with van der Waals surface area (Å²) in [5.74, 6) is -0.0126. The van der Waals surface area contributed by atoms with E-state index in [1.807, 2.05) is 62.4 Å². The van der Waals surface area contributed by atoms with Crippen molar-refractivity contribution in [2.24, 2.45) is 0 Å². The van der Waals surface area contributed by atoms with Crippen molar-refractivity contribution in [3.05, 3.63) is 54.1 Å². The first-order chi connectivity index (χ1) is 12.6. The molecule has 0 bridgehead atoms. The van der Waals surface area contributed by atoms with E-state index in [4.69, 9.17) is 4.74 Å². The summed E-state index contributed by atoms with van der Waals surface area (Å²) in [4.78, 5) is 27.8. The Labute approximate surface area is 153 Å². The average molecular weight is 353 g/mol. The van der Waals surface area contributed by atoms with Crippen molar-refractivity contribution in [2.75, 3.05) is 41.4 Å².